The maximum atomic E-state index is 11.0. The molecule has 3 N–H and O–H groups in total. The molecule has 0 unspecified atom stereocenters. The van der Waals surface area contributed by atoms with Crippen LogP contribution in [0.1, 0.15) is 6.42 Å². The molecule has 1 aliphatic rings. The maximum Gasteiger partial charge on any atom is 0.317 e. The molecule has 0 aromatic carbocycles. The number of carbonyl (C=O) groups excluding carboxylic acids is 1. The van der Waals surface area contributed by atoms with Crippen LogP contribution in [0.4, 0.5) is 4.79 Å². The van der Waals surface area contributed by atoms with Crippen LogP contribution in [0.5, 0.6) is 0 Å². The highest BCUT2D eigenvalue weighted by Crippen LogP contribution is 2.00. The van der Waals surface area contributed by atoms with E-state index in [1.807, 2.05) is 0 Å². The van der Waals surface area contributed by atoms with Gasteiger partial charge in [-0.25, -0.2) is 4.79 Å². The summed E-state index contributed by atoms with van der Waals surface area (Å²) in [5.74, 6) is -1.19. The van der Waals surface area contributed by atoms with Gasteiger partial charge in [0.1, 0.15) is 15.4 Å². The minimum Gasteiger partial charge on any atom is -0.372 e. The number of nitrogens with zero attached hydrogens (tertiary/aromatic N) is 1. The normalized spacial score (nSPS) is 16.8. The third-order valence-corrected chi connectivity index (χ3v) is 2.88. The zero-order valence-corrected chi connectivity index (χ0v) is 8.36. The van der Waals surface area contributed by atoms with Crippen LogP contribution in [0.25, 0.3) is 0 Å². The van der Waals surface area contributed by atoms with Gasteiger partial charge in [0.25, 0.3) is 0 Å². The summed E-state index contributed by atoms with van der Waals surface area (Å²) >= 11 is 0. The number of aliphatic hydroxyl groups excluding tert-OH is 1. The van der Waals surface area contributed by atoms with Gasteiger partial charge in [0.05, 0.1) is 0 Å². The molecule has 0 aromatic rings. The summed E-state index contributed by atoms with van der Waals surface area (Å²) < 4.78 is 0. The summed E-state index contributed by atoms with van der Waals surface area (Å²) in [6.45, 7) is 2.21. The Morgan fingerprint density at radius 2 is 2.38 bits per heavy atom. The van der Waals surface area contributed by atoms with E-state index in [1.165, 1.54) is 0 Å². The smallest absolute Gasteiger partial charge is 0.317 e. The molecule has 6 heteroatoms. The van der Waals surface area contributed by atoms with Crippen molar-refractivity contribution in [3.63, 3.8) is 0 Å². The zero-order chi connectivity index (χ0) is 9.68. The number of rotatable bonds is 5. The first kappa shape index (κ1) is 10.5. The molecule has 5 nitrogen and oxygen atoms in total. The summed E-state index contributed by atoms with van der Waals surface area (Å²) in [7, 11) is 0.156. The van der Waals surface area contributed by atoms with Crippen molar-refractivity contribution < 1.29 is 15.0 Å². The maximum absolute atomic E-state index is 11.0. The fourth-order valence-electron chi connectivity index (χ4n) is 1.23. The third-order valence-electron chi connectivity index (χ3n) is 1.88. The molecule has 1 aliphatic heterocycles. The number of hydrogen-bond donors (Lipinski definition) is 3. The second-order valence-electron chi connectivity index (χ2n) is 2.90. The number of amides is 2. The average molecular weight is 202 g/mol. The number of carbonyl (C=O) groups is 1. The van der Waals surface area contributed by atoms with Crippen LogP contribution in [-0.4, -0.2) is 56.2 Å². The standard InChI is InChI=1S/C7H14N2O3Si/c10-6-8-2-4-9(6)3-1-5-13-7(11)12/h7,11-12H,1-5H2,(H,8,10). The summed E-state index contributed by atoms with van der Waals surface area (Å²) in [5, 5.41) is 19.9. The molecule has 2 radical (unpaired) electrons. The van der Waals surface area contributed by atoms with Crippen LogP contribution < -0.4 is 5.32 Å². The van der Waals surface area contributed by atoms with E-state index in [-0.39, 0.29) is 15.6 Å². The molecule has 74 valence electrons. The van der Waals surface area contributed by atoms with Gasteiger partial charge < -0.3 is 20.4 Å². The monoisotopic (exact) mass is 202 g/mol. The van der Waals surface area contributed by atoms with Crippen molar-refractivity contribution >= 4 is 15.6 Å². The highest BCUT2D eigenvalue weighted by Gasteiger charge is 2.18. The van der Waals surface area contributed by atoms with Gasteiger partial charge in [-0.1, -0.05) is 6.04 Å². The van der Waals surface area contributed by atoms with E-state index in [1.54, 1.807) is 4.90 Å². The van der Waals surface area contributed by atoms with E-state index in [9.17, 15) is 4.79 Å². The van der Waals surface area contributed by atoms with Gasteiger partial charge in [0.2, 0.25) is 0 Å². The number of aliphatic hydroxyl groups is 2. The van der Waals surface area contributed by atoms with Crippen molar-refractivity contribution in [2.75, 3.05) is 19.6 Å². The molecular formula is C7H14N2O3Si. The number of urea groups is 1. The van der Waals surface area contributed by atoms with Crippen molar-refractivity contribution in [1.29, 1.82) is 0 Å². The van der Waals surface area contributed by atoms with Gasteiger partial charge in [-0.3, -0.25) is 0 Å². The molecule has 0 saturated carbocycles. The van der Waals surface area contributed by atoms with Crippen molar-refractivity contribution in [2.45, 2.75) is 18.4 Å². The summed E-state index contributed by atoms with van der Waals surface area (Å²) in [5.41, 5.74) is 0. The Labute approximate surface area is 79.6 Å². The van der Waals surface area contributed by atoms with Gasteiger partial charge in [0, 0.05) is 19.6 Å². The van der Waals surface area contributed by atoms with Crippen LogP contribution >= 0.6 is 0 Å². The summed E-state index contributed by atoms with van der Waals surface area (Å²) in [6, 6.07) is 0.759. The van der Waals surface area contributed by atoms with Crippen LogP contribution in [0.15, 0.2) is 0 Å². The molecule has 1 saturated heterocycles. The molecule has 0 aromatic heterocycles. The molecule has 0 aliphatic carbocycles. The highest BCUT2D eigenvalue weighted by molar-refractivity contribution is 6.36. The van der Waals surface area contributed by atoms with Crippen molar-refractivity contribution in [3.8, 4) is 0 Å². The van der Waals surface area contributed by atoms with E-state index in [0.717, 1.165) is 25.6 Å². The lowest BCUT2D eigenvalue weighted by Gasteiger charge is -2.13. The SMILES string of the molecule is O=C1NCCN1CCC[Si]C(O)O. The van der Waals surface area contributed by atoms with Gasteiger partial charge in [-0.05, 0) is 6.42 Å². The lowest BCUT2D eigenvalue weighted by molar-refractivity contribution is 0.0289. The van der Waals surface area contributed by atoms with Crippen molar-refractivity contribution in [2.24, 2.45) is 0 Å². The van der Waals surface area contributed by atoms with Gasteiger partial charge in [0.15, 0.2) is 0 Å². The lowest BCUT2D eigenvalue weighted by Crippen LogP contribution is -2.29. The van der Waals surface area contributed by atoms with Crippen LogP contribution in [-0.2, 0) is 0 Å². The molecule has 13 heavy (non-hydrogen) atoms. The quantitative estimate of drug-likeness (QED) is 0.298. The topological polar surface area (TPSA) is 72.8 Å². The largest absolute Gasteiger partial charge is 0.372 e. The zero-order valence-electron chi connectivity index (χ0n) is 7.36. The molecule has 2 amide bonds. The van der Waals surface area contributed by atoms with Gasteiger partial charge in [-0.15, -0.1) is 0 Å². The van der Waals surface area contributed by atoms with Gasteiger partial charge in [-0.2, -0.15) is 0 Å². The molecule has 0 spiro atoms. The Hall–Kier alpha value is -0.593. The van der Waals surface area contributed by atoms with E-state index < -0.39 is 5.91 Å². The van der Waals surface area contributed by atoms with Gasteiger partial charge >= 0.3 is 6.03 Å². The predicted octanol–water partition coefficient (Wildman–Crippen LogP) is -1.21. The summed E-state index contributed by atoms with van der Waals surface area (Å²) in [6.07, 6.45) is 0.837. The van der Waals surface area contributed by atoms with E-state index in [4.69, 9.17) is 10.2 Å². The Balaban J connectivity index is 2.02. The average Bonchev–Trinajstić information content (AvgIpc) is 2.45. The lowest BCUT2D eigenvalue weighted by atomic mass is 10.4. The van der Waals surface area contributed by atoms with Crippen LogP contribution in [0.2, 0.25) is 6.04 Å². The van der Waals surface area contributed by atoms with E-state index in [2.05, 4.69) is 5.32 Å². The number of nitrogens with one attached hydrogen (secondary N) is 1. The number of hydrogen-bond acceptors (Lipinski definition) is 3. The van der Waals surface area contributed by atoms with Crippen molar-refractivity contribution in [3.05, 3.63) is 0 Å². The Morgan fingerprint density at radius 3 is 2.92 bits per heavy atom. The minimum atomic E-state index is -1.19. The summed E-state index contributed by atoms with van der Waals surface area (Å²) in [4.78, 5) is 12.8. The van der Waals surface area contributed by atoms with Crippen LogP contribution in [0, 0.1) is 0 Å². The first-order valence-electron chi connectivity index (χ1n) is 4.32. The minimum absolute atomic E-state index is 0.00659. The fraction of sp³-hybridized carbons (Fsp3) is 0.857. The molecule has 1 rings (SSSR count). The Morgan fingerprint density at radius 1 is 1.62 bits per heavy atom. The first-order valence-corrected chi connectivity index (χ1v) is 5.61. The van der Waals surface area contributed by atoms with E-state index in [0.29, 0.717) is 6.54 Å². The first-order chi connectivity index (χ1) is 6.20. The molecule has 1 heterocycles. The third kappa shape index (κ3) is 3.75. The molecule has 1 fully saturated rings. The molecule has 0 atom stereocenters. The van der Waals surface area contributed by atoms with Crippen molar-refractivity contribution in [1.82, 2.24) is 10.2 Å². The molecular weight excluding hydrogens is 188 g/mol. The Bertz CT molecular complexity index is 177. The fourth-order valence-corrected chi connectivity index (χ4v) is 1.85. The van der Waals surface area contributed by atoms with Crippen LogP contribution in [0.3, 0.4) is 0 Å². The predicted molar refractivity (Wildman–Crippen MR) is 48.4 cm³/mol. The second-order valence-corrected chi connectivity index (χ2v) is 4.32. The Kier molecular flexibility index (Phi) is 4.20. The van der Waals surface area contributed by atoms with E-state index >= 15 is 0 Å². The highest BCUT2D eigenvalue weighted by atomic mass is 28.2. The second kappa shape index (κ2) is 5.20. The molecule has 0 bridgehead atoms.